The molecule has 0 fully saturated rings. The van der Waals surface area contributed by atoms with E-state index in [4.69, 9.17) is 11.6 Å². The predicted octanol–water partition coefficient (Wildman–Crippen LogP) is 3.94. The van der Waals surface area contributed by atoms with E-state index in [2.05, 4.69) is 12.2 Å². The highest BCUT2D eigenvalue weighted by atomic mass is 35.5. The summed E-state index contributed by atoms with van der Waals surface area (Å²) in [7, 11) is 0. The zero-order valence-electron chi connectivity index (χ0n) is 11.1. The van der Waals surface area contributed by atoms with E-state index in [1.165, 1.54) is 0 Å². The number of carbonyl (C=O) groups excluding carboxylic acids is 1. The number of nitrogens with one attached hydrogen (secondary N) is 1. The van der Waals surface area contributed by atoms with Gasteiger partial charge < -0.3 is 5.32 Å². The van der Waals surface area contributed by atoms with Crippen molar-refractivity contribution in [2.24, 2.45) is 0 Å². The fourth-order valence-electron chi connectivity index (χ4n) is 1.62. The third-order valence-corrected chi connectivity index (χ3v) is 4.13. The summed E-state index contributed by atoms with van der Waals surface area (Å²) in [5.74, 6) is 0.521. The highest BCUT2D eigenvalue weighted by Crippen LogP contribution is 2.18. The summed E-state index contributed by atoms with van der Waals surface area (Å²) in [6.45, 7) is 4.09. The molecule has 0 bridgehead atoms. The first-order chi connectivity index (χ1) is 8.54. The Hall–Kier alpha value is -0.670. The number of halogens is 1. The lowest BCUT2D eigenvalue weighted by molar-refractivity contribution is 0.0901. The molecule has 0 spiro atoms. The largest absolute Gasteiger partial charge is 0.347 e. The molecule has 4 heteroatoms. The number of benzene rings is 1. The summed E-state index contributed by atoms with van der Waals surface area (Å²) in [5.41, 5.74) is 0.471. The van der Waals surface area contributed by atoms with Crippen LogP contribution in [-0.4, -0.2) is 23.6 Å². The van der Waals surface area contributed by atoms with Gasteiger partial charge in [0.25, 0.3) is 5.91 Å². The van der Waals surface area contributed by atoms with Crippen LogP contribution in [0.1, 0.15) is 37.0 Å². The molecule has 1 aromatic rings. The first kappa shape index (κ1) is 15.4. The maximum atomic E-state index is 12.1. The number of hydrogen-bond donors (Lipinski definition) is 1. The van der Waals surface area contributed by atoms with Crippen LogP contribution in [0.4, 0.5) is 0 Å². The zero-order chi connectivity index (χ0) is 13.6. The SMILES string of the molecule is CCC(C)(CCCl)NC(=O)c1ccc(SC)cc1. The van der Waals surface area contributed by atoms with Gasteiger partial charge in [-0.1, -0.05) is 6.92 Å². The van der Waals surface area contributed by atoms with Gasteiger partial charge in [0, 0.05) is 21.9 Å². The van der Waals surface area contributed by atoms with Crippen molar-refractivity contribution in [3.63, 3.8) is 0 Å². The standard InChI is InChI=1S/C14H20ClNOS/c1-4-14(2,9-10-15)16-13(17)11-5-7-12(18-3)8-6-11/h5-8H,4,9-10H2,1-3H3,(H,16,17). The second-order valence-corrected chi connectivity index (χ2v) is 5.79. The lowest BCUT2D eigenvalue weighted by Crippen LogP contribution is -2.45. The highest BCUT2D eigenvalue weighted by molar-refractivity contribution is 7.98. The molecule has 18 heavy (non-hydrogen) atoms. The normalized spacial score (nSPS) is 14.0. The van der Waals surface area contributed by atoms with Crippen LogP contribution >= 0.6 is 23.4 Å². The Morgan fingerprint density at radius 3 is 2.44 bits per heavy atom. The molecule has 0 aromatic heterocycles. The van der Waals surface area contributed by atoms with Crippen molar-refractivity contribution >= 4 is 29.3 Å². The lowest BCUT2D eigenvalue weighted by atomic mass is 9.95. The van der Waals surface area contributed by atoms with E-state index in [9.17, 15) is 4.79 Å². The van der Waals surface area contributed by atoms with Crippen LogP contribution in [0, 0.1) is 0 Å². The average Bonchev–Trinajstić information content (AvgIpc) is 2.39. The molecule has 1 atom stereocenters. The fourth-order valence-corrected chi connectivity index (χ4v) is 2.45. The molecule has 0 heterocycles. The molecule has 1 N–H and O–H groups in total. The van der Waals surface area contributed by atoms with E-state index < -0.39 is 0 Å². The fraction of sp³-hybridized carbons (Fsp3) is 0.500. The third-order valence-electron chi connectivity index (χ3n) is 3.19. The summed E-state index contributed by atoms with van der Waals surface area (Å²) in [6.07, 6.45) is 3.66. The molecule has 0 saturated heterocycles. The molecule has 0 saturated carbocycles. The van der Waals surface area contributed by atoms with Gasteiger partial charge in [0.05, 0.1) is 0 Å². The Balaban J connectivity index is 2.74. The molecule has 1 rings (SSSR count). The van der Waals surface area contributed by atoms with Crippen LogP contribution < -0.4 is 5.32 Å². The topological polar surface area (TPSA) is 29.1 Å². The van der Waals surface area contributed by atoms with Crippen LogP contribution in [0.2, 0.25) is 0 Å². The molecule has 0 radical (unpaired) electrons. The quantitative estimate of drug-likeness (QED) is 0.634. The second-order valence-electron chi connectivity index (χ2n) is 4.54. The minimum atomic E-state index is -0.225. The maximum Gasteiger partial charge on any atom is 0.251 e. The lowest BCUT2D eigenvalue weighted by Gasteiger charge is -2.29. The van der Waals surface area contributed by atoms with Gasteiger partial charge in [-0.3, -0.25) is 4.79 Å². The van der Waals surface area contributed by atoms with Gasteiger partial charge in [0.1, 0.15) is 0 Å². The Kier molecular flexibility index (Phi) is 6.03. The van der Waals surface area contributed by atoms with Crippen LogP contribution in [-0.2, 0) is 0 Å². The maximum absolute atomic E-state index is 12.1. The number of amides is 1. The van der Waals surface area contributed by atoms with E-state index in [1.807, 2.05) is 37.4 Å². The summed E-state index contributed by atoms with van der Waals surface area (Å²) >= 11 is 7.45. The summed E-state index contributed by atoms with van der Waals surface area (Å²) in [5, 5.41) is 3.07. The molecule has 0 aliphatic heterocycles. The Morgan fingerprint density at radius 1 is 1.39 bits per heavy atom. The van der Waals surface area contributed by atoms with Crippen molar-refractivity contribution in [3.8, 4) is 0 Å². The van der Waals surface area contributed by atoms with Crippen molar-refractivity contribution in [3.05, 3.63) is 29.8 Å². The number of hydrogen-bond acceptors (Lipinski definition) is 2. The van der Waals surface area contributed by atoms with Crippen LogP contribution in [0.5, 0.6) is 0 Å². The monoisotopic (exact) mass is 285 g/mol. The van der Waals surface area contributed by atoms with Gasteiger partial charge in [0.2, 0.25) is 0 Å². The van der Waals surface area contributed by atoms with E-state index in [0.717, 1.165) is 17.7 Å². The number of alkyl halides is 1. The average molecular weight is 286 g/mol. The molecule has 2 nitrogen and oxygen atoms in total. The number of thioether (sulfide) groups is 1. The zero-order valence-corrected chi connectivity index (χ0v) is 12.7. The Bertz CT molecular complexity index is 393. The van der Waals surface area contributed by atoms with Gasteiger partial charge in [-0.2, -0.15) is 0 Å². The minimum Gasteiger partial charge on any atom is -0.347 e. The summed E-state index contributed by atoms with van der Waals surface area (Å²) in [4.78, 5) is 13.3. The Morgan fingerprint density at radius 2 is 2.00 bits per heavy atom. The van der Waals surface area contributed by atoms with Crippen molar-refractivity contribution in [2.45, 2.75) is 37.1 Å². The molecular weight excluding hydrogens is 266 g/mol. The van der Waals surface area contributed by atoms with Crippen LogP contribution in [0.3, 0.4) is 0 Å². The molecule has 0 aliphatic carbocycles. The van der Waals surface area contributed by atoms with E-state index in [-0.39, 0.29) is 11.4 Å². The van der Waals surface area contributed by atoms with Crippen molar-refractivity contribution in [1.29, 1.82) is 0 Å². The van der Waals surface area contributed by atoms with Crippen LogP contribution in [0.15, 0.2) is 29.2 Å². The molecule has 1 amide bonds. The smallest absolute Gasteiger partial charge is 0.251 e. The van der Waals surface area contributed by atoms with Gasteiger partial charge in [-0.15, -0.1) is 23.4 Å². The molecule has 1 unspecified atom stereocenters. The predicted molar refractivity (Wildman–Crippen MR) is 79.7 cm³/mol. The third kappa shape index (κ3) is 4.21. The number of rotatable bonds is 6. The van der Waals surface area contributed by atoms with Gasteiger partial charge in [-0.25, -0.2) is 0 Å². The van der Waals surface area contributed by atoms with Crippen LogP contribution in [0.25, 0.3) is 0 Å². The molecule has 0 aliphatic rings. The Labute approximate surface area is 118 Å². The summed E-state index contributed by atoms with van der Waals surface area (Å²) in [6, 6.07) is 7.64. The number of carbonyl (C=O) groups is 1. The van der Waals surface area contributed by atoms with Crippen molar-refractivity contribution in [1.82, 2.24) is 5.32 Å². The molecular formula is C14H20ClNOS. The first-order valence-corrected chi connectivity index (χ1v) is 7.83. The van der Waals surface area contributed by atoms with E-state index in [0.29, 0.717) is 11.4 Å². The second kappa shape index (κ2) is 7.05. The van der Waals surface area contributed by atoms with Gasteiger partial charge in [-0.05, 0) is 50.3 Å². The molecule has 100 valence electrons. The highest BCUT2D eigenvalue weighted by Gasteiger charge is 2.23. The first-order valence-electron chi connectivity index (χ1n) is 6.07. The van der Waals surface area contributed by atoms with Gasteiger partial charge >= 0.3 is 0 Å². The van der Waals surface area contributed by atoms with Crippen molar-refractivity contribution in [2.75, 3.05) is 12.1 Å². The van der Waals surface area contributed by atoms with E-state index in [1.54, 1.807) is 11.8 Å². The molecule has 1 aromatic carbocycles. The van der Waals surface area contributed by atoms with E-state index >= 15 is 0 Å². The van der Waals surface area contributed by atoms with Crippen molar-refractivity contribution < 1.29 is 4.79 Å². The van der Waals surface area contributed by atoms with Gasteiger partial charge in [0.15, 0.2) is 0 Å². The summed E-state index contributed by atoms with van der Waals surface area (Å²) < 4.78 is 0. The minimum absolute atomic E-state index is 0.0304.